The second-order valence-corrected chi connectivity index (χ2v) is 4.24. The van der Waals surface area contributed by atoms with Crippen molar-refractivity contribution < 1.29 is 9.26 Å². The van der Waals surface area contributed by atoms with Crippen LogP contribution in [-0.2, 0) is 11.2 Å². The van der Waals surface area contributed by atoms with Crippen molar-refractivity contribution in [2.24, 2.45) is 0 Å². The molecule has 0 bridgehead atoms. The Bertz CT molecular complexity index is 314. The normalized spacial score (nSPS) is 14.8. The van der Waals surface area contributed by atoms with Gasteiger partial charge in [-0.15, -0.1) is 0 Å². The molecule has 0 aliphatic carbocycles. The number of hydrogen-bond acceptors (Lipinski definition) is 5. The lowest BCUT2D eigenvalue weighted by Gasteiger charge is -2.17. The maximum atomic E-state index is 5.33. The van der Waals surface area contributed by atoms with E-state index >= 15 is 0 Å². The lowest BCUT2D eigenvalue weighted by molar-refractivity contribution is 0.194. The fourth-order valence-electron chi connectivity index (χ4n) is 1.84. The average molecular weight is 241 g/mol. The third kappa shape index (κ3) is 4.09. The number of ether oxygens (including phenoxy) is 1. The molecule has 0 saturated carbocycles. The maximum absolute atomic E-state index is 5.33. The zero-order chi connectivity index (χ0) is 12.7. The molecule has 98 valence electrons. The number of methoxy groups -OCH3 is 1. The number of aryl methyl sites for hydroxylation is 1. The van der Waals surface area contributed by atoms with Crippen LogP contribution in [0.1, 0.15) is 44.3 Å². The molecule has 17 heavy (non-hydrogen) atoms. The molecule has 0 radical (unpaired) electrons. The van der Waals surface area contributed by atoms with Crippen molar-refractivity contribution in [2.75, 3.05) is 20.8 Å². The average Bonchev–Trinajstić information content (AvgIpc) is 2.79. The van der Waals surface area contributed by atoms with E-state index in [0.29, 0.717) is 6.04 Å². The van der Waals surface area contributed by atoms with Crippen molar-refractivity contribution >= 4 is 0 Å². The van der Waals surface area contributed by atoms with Crippen LogP contribution < -0.4 is 5.32 Å². The first kappa shape index (κ1) is 14.1. The van der Waals surface area contributed by atoms with Gasteiger partial charge in [-0.25, -0.2) is 0 Å². The summed E-state index contributed by atoms with van der Waals surface area (Å²) in [6.07, 6.45) is 2.72. The lowest BCUT2D eigenvalue weighted by Crippen LogP contribution is -2.28. The minimum Gasteiger partial charge on any atom is -0.385 e. The van der Waals surface area contributed by atoms with Crippen LogP contribution in [0.3, 0.4) is 0 Å². The van der Waals surface area contributed by atoms with Gasteiger partial charge in [0.2, 0.25) is 5.89 Å². The first-order chi connectivity index (χ1) is 8.22. The zero-order valence-corrected chi connectivity index (χ0v) is 11.2. The van der Waals surface area contributed by atoms with Crippen molar-refractivity contribution in [3.05, 3.63) is 11.7 Å². The summed E-state index contributed by atoms with van der Waals surface area (Å²) < 4.78 is 10.3. The van der Waals surface area contributed by atoms with Crippen LogP contribution in [0.15, 0.2) is 4.52 Å². The molecule has 0 aromatic carbocycles. The summed E-state index contributed by atoms with van der Waals surface area (Å²) in [6, 6.07) is 0.340. The van der Waals surface area contributed by atoms with E-state index in [1.165, 1.54) is 0 Å². The Kier molecular flexibility index (Phi) is 6.15. The highest BCUT2D eigenvalue weighted by Gasteiger charge is 2.22. The van der Waals surface area contributed by atoms with E-state index in [9.17, 15) is 0 Å². The second-order valence-electron chi connectivity index (χ2n) is 4.24. The molecule has 1 N–H and O–H groups in total. The third-order valence-electron chi connectivity index (χ3n) is 3.05. The van der Waals surface area contributed by atoms with Crippen LogP contribution >= 0.6 is 0 Å². The molecule has 0 amide bonds. The Labute approximate surface area is 103 Å². The smallest absolute Gasteiger partial charge is 0.231 e. The van der Waals surface area contributed by atoms with Crippen LogP contribution in [0, 0.1) is 0 Å². The molecule has 0 fully saturated rings. The van der Waals surface area contributed by atoms with Gasteiger partial charge in [-0.2, -0.15) is 4.98 Å². The van der Waals surface area contributed by atoms with E-state index in [2.05, 4.69) is 29.3 Å². The lowest BCUT2D eigenvalue weighted by atomic mass is 9.98. The Morgan fingerprint density at radius 2 is 2.24 bits per heavy atom. The summed E-state index contributed by atoms with van der Waals surface area (Å²) in [5, 5.41) is 7.23. The number of likely N-dealkylation sites (N-methyl/N-ethyl adjacent to an activating group) is 1. The first-order valence-electron chi connectivity index (χ1n) is 6.21. The predicted molar refractivity (Wildman–Crippen MR) is 66.0 cm³/mol. The number of nitrogens with zero attached hydrogens (tertiary/aromatic N) is 2. The van der Waals surface area contributed by atoms with Crippen LogP contribution in [-0.4, -0.2) is 36.9 Å². The van der Waals surface area contributed by atoms with Crippen molar-refractivity contribution in [3.8, 4) is 0 Å². The highest BCUT2D eigenvalue weighted by molar-refractivity contribution is 4.97. The van der Waals surface area contributed by atoms with Crippen LogP contribution in [0.2, 0.25) is 0 Å². The van der Waals surface area contributed by atoms with E-state index in [0.717, 1.165) is 37.6 Å². The molecule has 5 nitrogen and oxygen atoms in total. The summed E-state index contributed by atoms with van der Waals surface area (Å²) in [6.45, 7) is 4.99. The molecule has 0 aliphatic heterocycles. The molecular weight excluding hydrogens is 218 g/mol. The van der Waals surface area contributed by atoms with Crippen molar-refractivity contribution in [1.29, 1.82) is 0 Å². The van der Waals surface area contributed by atoms with E-state index < -0.39 is 0 Å². The minimum absolute atomic E-state index is 0.281. The Hall–Kier alpha value is -0.940. The zero-order valence-electron chi connectivity index (χ0n) is 11.2. The molecular formula is C12H23N3O2. The summed E-state index contributed by atoms with van der Waals surface area (Å²) in [7, 11) is 3.65. The Balaban J connectivity index is 2.58. The van der Waals surface area contributed by atoms with Crippen molar-refractivity contribution in [1.82, 2.24) is 15.5 Å². The van der Waals surface area contributed by atoms with Gasteiger partial charge in [-0.1, -0.05) is 12.1 Å². The standard InChI is InChI=1S/C12H23N3O2/c1-5-10(9(2)13-3)12-14-11(15-17-12)7-6-8-16-4/h9-10,13H,5-8H2,1-4H3. The third-order valence-corrected chi connectivity index (χ3v) is 3.05. The van der Waals surface area contributed by atoms with E-state index in [4.69, 9.17) is 9.26 Å². The monoisotopic (exact) mass is 241 g/mol. The quantitative estimate of drug-likeness (QED) is 0.703. The summed E-state index contributed by atoms with van der Waals surface area (Å²) in [4.78, 5) is 4.45. The topological polar surface area (TPSA) is 60.2 Å². The number of nitrogens with one attached hydrogen (secondary N) is 1. The molecule has 1 heterocycles. The molecule has 0 saturated heterocycles. The van der Waals surface area contributed by atoms with E-state index in [1.54, 1.807) is 7.11 Å². The summed E-state index contributed by atoms with van der Waals surface area (Å²) in [5.74, 6) is 1.80. The van der Waals surface area contributed by atoms with Gasteiger partial charge in [-0.3, -0.25) is 0 Å². The predicted octanol–water partition coefficient (Wildman–Crippen LogP) is 1.75. The molecule has 1 aromatic heterocycles. The van der Waals surface area contributed by atoms with Crippen LogP contribution in [0.4, 0.5) is 0 Å². The van der Waals surface area contributed by atoms with Crippen LogP contribution in [0.25, 0.3) is 0 Å². The molecule has 2 atom stereocenters. The SMILES string of the molecule is CCC(c1nc(CCCOC)no1)C(C)NC. The first-order valence-corrected chi connectivity index (χ1v) is 6.21. The molecule has 0 aliphatic rings. The number of rotatable bonds is 8. The van der Waals surface area contributed by atoms with Gasteiger partial charge in [0.15, 0.2) is 5.82 Å². The van der Waals surface area contributed by atoms with Gasteiger partial charge < -0.3 is 14.6 Å². The molecule has 1 aromatic rings. The van der Waals surface area contributed by atoms with Gasteiger partial charge >= 0.3 is 0 Å². The van der Waals surface area contributed by atoms with Gasteiger partial charge in [-0.05, 0) is 26.8 Å². The number of aromatic nitrogens is 2. The Morgan fingerprint density at radius 3 is 2.82 bits per heavy atom. The summed E-state index contributed by atoms with van der Waals surface area (Å²) >= 11 is 0. The van der Waals surface area contributed by atoms with Gasteiger partial charge in [0.05, 0.1) is 5.92 Å². The molecule has 2 unspecified atom stereocenters. The van der Waals surface area contributed by atoms with E-state index in [-0.39, 0.29) is 5.92 Å². The van der Waals surface area contributed by atoms with Gasteiger partial charge in [0.25, 0.3) is 0 Å². The molecule has 0 spiro atoms. The van der Waals surface area contributed by atoms with Crippen molar-refractivity contribution in [3.63, 3.8) is 0 Å². The summed E-state index contributed by atoms with van der Waals surface area (Å²) in [5.41, 5.74) is 0. The molecule has 5 heteroatoms. The Morgan fingerprint density at radius 1 is 1.47 bits per heavy atom. The number of hydrogen-bond donors (Lipinski definition) is 1. The minimum atomic E-state index is 0.281. The maximum Gasteiger partial charge on any atom is 0.231 e. The molecule has 1 rings (SSSR count). The van der Waals surface area contributed by atoms with Crippen molar-refractivity contribution in [2.45, 2.75) is 45.1 Å². The van der Waals surface area contributed by atoms with Gasteiger partial charge in [0, 0.05) is 26.2 Å². The fourth-order valence-corrected chi connectivity index (χ4v) is 1.84. The largest absolute Gasteiger partial charge is 0.385 e. The fraction of sp³-hybridized carbons (Fsp3) is 0.833. The van der Waals surface area contributed by atoms with Crippen LogP contribution in [0.5, 0.6) is 0 Å². The second kappa shape index (κ2) is 7.40. The van der Waals surface area contributed by atoms with Gasteiger partial charge in [0.1, 0.15) is 0 Å². The van der Waals surface area contributed by atoms with E-state index in [1.807, 2.05) is 7.05 Å². The highest BCUT2D eigenvalue weighted by atomic mass is 16.5. The highest BCUT2D eigenvalue weighted by Crippen LogP contribution is 2.21.